The molecule has 0 heterocycles. The zero-order valence-electron chi connectivity index (χ0n) is 16.3. The molecule has 1 aromatic rings. The Labute approximate surface area is 154 Å². The zero-order chi connectivity index (χ0) is 19.5. The third kappa shape index (κ3) is 4.18. The summed E-state index contributed by atoms with van der Waals surface area (Å²) in [5.41, 5.74) is 6.48. The van der Waals surface area contributed by atoms with E-state index in [4.69, 9.17) is 9.47 Å². The monoisotopic (exact) mass is 360 g/mol. The molecule has 0 saturated heterocycles. The third-order valence-electron chi connectivity index (χ3n) is 4.73. The highest BCUT2D eigenvalue weighted by Gasteiger charge is 2.60. The predicted molar refractivity (Wildman–Crippen MR) is 100.0 cm³/mol. The van der Waals surface area contributed by atoms with Crippen molar-refractivity contribution in [1.82, 2.24) is 10.9 Å². The molecule has 0 aliphatic heterocycles. The van der Waals surface area contributed by atoms with Crippen molar-refractivity contribution in [3.63, 3.8) is 0 Å². The average molecular weight is 360 g/mol. The fourth-order valence-electron chi connectivity index (χ4n) is 3.20. The highest BCUT2D eigenvalue weighted by molar-refractivity contribution is 5.96. The third-order valence-corrected chi connectivity index (χ3v) is 4.73. The van der Waals surface area contributed by atoms with Gasteiger partial charge in [-0.25, -0.2) is 0 Å². The van der Waals surface area contributed by atoms with Gasteiger partial charge in [-0.1, -0.05) is 25.5 Å². The Morgan fingerprint density at radius 1 is 1.19 bits per heavy atom. The summed E-state index contributed by atoms with van der Waals surface area (Å²) in [6.45, 7) is 10.5. The van der Waals surface area contributed by atoms with Crippen molar-refractivity contribution in [2.45, 2.75) is 34.6 Å². The van der Waals surface area contributed by atoms with E-state index in [9.17, 15) is 9.59 Å². The van der Waals surface area contributed by atoms with Crippen LogP contribution in [-0.2, 0) is 4.79 Å². The van der Waals surface area contributed by atoms with Gasteiger partial charge in [0.25, 0.3) is 5.91 Å². The first-order chi connectivity index (χ1) is 12.2. The van der Waals surface area contributed by atoms with E-state index in [1.807, 2.05) is 20.8 Å². The largest absolute Gasteiger partial charge is 0.493 e. The highest BCUT2D eigenvalue weighted by atomic mass is 16.5. The number of hydrogen-bond donors (Lipinski definition) is 2. The van der Waals surface area contributed by atoms with E-state index < -0.39 is 5.91 Å². The van der Waals surface area contributed by atoms with Crippen molar-refractivity contribution in [2.24, 2.45) is 17.3 Å². The number of allylic oxidation sites excluding steroid dienone is 2. The van der Waals surface area contributed by atoms with Crippen LogP contribution in [0.15, 0.2) is 29.8 Å². The van der Waals surface area contributed by atoms with Gasteiger partial charge in [-0.15, -0.1) is 0 Å². The molecule has 1 saturated carbocycles. The number of hydrazine groups is 1. The van der Waals surface area contributed by atoms with Crippen molar-refractivity contribution in [3.8, 4) is 11.5 Å². The maximum atomic E-state index is 12.4. The number of benzene rings is 1. The molecule has 0 aromatic heterocycles. The molecule has 0 radical (unpaired) electrons. The lowest BCUT2D eigenvalue weighted by atomic mass is 10.1. The van der Waals surface area contributed by atoms with Crippen molar-refractivity contribution in [3.05, 3.63) is 35.4 Å². The van der Waals surface area contributed by atoms with Gasteiger partial charge < -0.3 is 9.47 Å². The maximum Gasteiger partial charge on any atom is 0.269 e. The van der Waals surface area contributed by atoms with Crippen LogP contribution in [0.3, 0.4) is 0 Å². The standard InChI is InChI=1S/C20H28N2O4/c1-7-26-15-9-8-13(11-16(15)25-6)18(23)21-22-19(24)17-14(10-12(2)3)20(17,4)5/h8-11,14,17H,7H2,1-6H3,(H,21,23)(H,22,24). The number of rotatable bonds is 6. The van der Waals surface area contributed by atoms with Crippen molar-refractivity contribution < 1.29 is 19.1 Å². The van der Waals surface area contributed by atoms with E-state index in [-0.39, 0.29) is 23.2 Å². The van der Waals surface area contributed by atoms with Crippen LogP contribution in [0.4, 0.5) is 0 Å². The molecule has 2 rings (SSSR count). The minimum atomic E-state index is -0.406. The Bertz CT molecular complexity index is 721. The van der Waals surface area contributed by atoms with Gasteiger partial charge in [-0.2, -0.15) is 0 Å². The summed E-state index contributed by atoms with van der Waals surface area (Å²) in [6, 6.07) is 4.88. The van der Waals surface area contributed by atoms with E-state index in [1.165, 1.54) is 12.7 Å². The molecule has 0 bridgehead atoms. The second kappa shape index (κ2) is 7.81. The normalized spacial score (nSPS) is 19.9. The first-order valence-electron chi connectivity index (χ1n) is 8.78. The molecule has 1 fully saturated rings. The summed E-state index contributed by atoms with van der Waals surface area (Å²) < 4.78 is 10.7. The van der Waals surface area contributed by atoms with Gasteiger partial charge in [-0.3, -0.25) is 20.4 Å². The fraction of sp³-hybridized carbons (Fsp3) is 0.500. The highest BCUT2D eigenvalue weighted by Crippen LogP contribution is 2.59. The van der Waals surface area contributed by atoms with Crippen LogP contribution in [0.1, 0.15) is 45.0 Å². The van der Waals surface area contributed by atoms with E-state index in [1.54, 1.807) is 18.2 Å². The number of ether oxygens (including phenoxy) is 2. The molecule has 1 aliphatic carbocycles. The Kier molecular flexibility index (Phi) is 5.95. The lowest BCUT2D eigenvalue weighted by molar-refractivity contribution is -0.123. The smallest absolute Gasteiger partial charge is 0.269 e. The van der Waals surface area contributed by atoms with Crippen molar-refractivity contribution in [2.75, 3.05) is 13.7 Å². The summed E-state index contributed by atoms with van der Waals surface area (Å²) >= 11 is 0. The molecule has 142 valence electrons. The van der Waals surface area contributed by atoms with Crippen molar-refractivity contribution in [1.29, 1.82) is 0 Å². The van der Waals surface area contributed by atoms with E-state index in [0.29, 0.717) is 23.7 Å². The summed E-state index contributed by atoms with van der Waals surface area (Å²) in [5, 5.41) is 0. The van der Waals surface area contributed by atoms with Gasteiger partial charge in [0, 0.05) is 5.56 Å². The fourth-order valence-corrected chi connectivity index (χ4v) is 3.20. The van der Waals surface area contributed by atoms with Crippen LogP contribution in [0.2, 0.25) is 0 Å². The number of nitrogens with one attached hydrogen (secondary N) is 2. The lowest BCUT2D eigenvalue weighted by Gasteiger charge is -2.12. The number of methoxy groups -OCH3 is 1. The van der Waals surface area contributed by atoms with Crippen LogP contribution in [-0.4, -0.2) is 25.5 Å². The first-order valence-corrected chi connectivity index (χ1v) is 8.78. The van der Waals surface area contributed by atoms with Crippen LogP contribution >= 0.6 is 0 Å². The van der Waals surface area contributed by atoms with Crippen molar-refractivity contribution >= 4 is 11.8 Å². The number of hydrogen-bond acceptors (Lipinski definition) is 4. The van der Waals surface area contributed by atoms with E-state index in [0.717, 1.165) is 0 Å². The predicted octanol–water partition coefficient (Wildman–Crippen LogP) is 3.09. The minimum Gasteiger partial charge on any atom is -0.493 e. The summed E-state index contributed by atoms with van der Waals surface area (Å²) in [7, 11) is 1.51. The van der Waals surface area contributed by atoms with Crippen LogP contribution in [0, 0.1) is 17.3 Å². The van der Waals surface area contributed by atoms with E-state index in [2.05, 4.69) is 30.8 Å². The number of amides is 2. The maximum absolute atomic E-state index is 12.4. The summed E-state index contributed by atoms with van der Waals surface area (Å²) in [6.07, 6.45) is 2.11. The van der Waals surface area contributed by atoms with Gasteiger partial charge in [0.1, 0.15) is 0 Å². The molecule has 2 atom stereocenters. The molecule has 26 heavy (non-hydrogen) atoms. The van der Waals surface area contributed by atoms with Crippen LogP contribution in [0.25, 0.3) is 0 Å². The Morgan fingerprint density at radius 3 is 2.46 bits per heavy atom. The summed E-state index contributed by atoms with van der Waals surface area (Å²) in [4.78, 5) is 24.7. The Hall–Kier alpha value is -2.50. The van der Waals surface area contributed by atoms with Crippen LogP contribution < -0.4 is 20.3 Å². The molecular formula is C20H28N2O4. The molecule has 6 nitrogen and oxygen atoms in total. The molecule has 1 aromatic carbocycles. The van der Waals surface area contributed by atoms with Gasteiger partial charge in [0.15, 0.2) is 11.5 Å². The number of carbonyl (C=O) groups is 2. The quantitative estimate of drug-likeness (QED) is 0.604. The Morgan fingerprint density at radius 2 is 1.88 bits per heavy atom. The number of carbonyl (C=O) groups excluding carboxylic acids is 2. The SMILES string of the molecule is CCOc1ccc(C(=O)NNC(=O)C2C(C=C(C)C)C2(C)C)cc1OC. The van der Waals surface area contributed by atoms with E-state index >= 15 is 0 Å². The second-order valence-corrected chi connectivity index (χ2v) is 7.31. The zero-order valence-corrected chi connectivity index (χ0v) is 16.3. The lowest BCUT2D eigenvalue weighted by Crippen LogP contribution is -2.43. The molecular weight excluding hydrogens is 332 g/mol. The molecule has 2 unspecified atom stereocenters. The topological polar surface area (TPSA) is 76.7 Å². The second-order valence-electron chi connectivity index (χ2n) is 7.31. The van der Waals surface area contributed by atoms with Crippen LogP contribution in [0.5, 0.6) is 11.5 Å². The minimum absolute atomic E-state index is 0.103. The van der Waals surface area contributed by atoms with Gasteiger partial charge in [-0.05, 0) is 50.3 Å². The molecule has 6 heteroatoms. The molecule has 1 aliphatic rings. The van der Waals surface area contributed by atoms with Gasteiger partial charge >= 0.3 is 0 Å². The molecule has 2 N–H and O–H groups in total. The molecule has 0 spiro atoms. The van der Waals surface area contributed by atoms with Gasteiger partial charge in [0.2, 0.25) is 5.91 Å². The first kappa shape index (κ1) is 19.8. The Balaban J connectivity index is 1.99. The average Bonchev–Trinajstić information content (AvgIpc) is 3.12. The van der Waals surface area contributed by atoms with Gasteiger partial charge in [0.05, 0.1) is 19.6 Å². The molecule has 2 amide bonds. The summed E-state index contributed by atoms with van der Waals surface area (Å²) in [5.74, 6) is 0.501.